The van der Waals surface area contributed by atoms with Crippen molar-refractivity contribution in [1.82, 2.24) is 10.3 Å². The van der Waals surface area contributed by atoms with Crippen LogP contribution in [0.15, 0.2) is 18.3 Å². The van der Waals surface area contributed by atoms with Gasteiger partial charge in [-0.3, -0.25) is 9.78 Å². The fourth-order valence-corrected chi connectivity index (χ4v) is 2.19. The van der Waals surface area contributed by atoms with E-state index in [2.05, 4.69) is 28.8 Å². The number of hydrogen-bond donors (Lipinski definition) is 2. The second kappa shape index (κ2) is 8.80. The van der Waals surface area contributed by atoms with Gasteiger partial charge in [0, 0.05) is 24.5 Å². The molecule has 0 saturated heterocycles. The molecule has 0 bridgehead atoms. The third-order valence-electron chi connectivity index (χ3n) is 2.70. The van der Waals surface area contributed by atoms with E-state index < -0.39 is 0 Å². The molecule has 1 atom stereocenters. The monoisotopic (exact) mass is 281 g/mol. The van der Waals surface area contributed by atoms with E-state index in [-0.39, 0.29) is 11.9 Å². The molecule has 0 spiro atoms. The highest BCUT2D eigenvalue weighted by atomic mass is 32.2. The predicted octanol–water partition coefficient (Wildman–Crippen LogP) is 2.77. The quantitative estimate of drug-likeness (QED) is 0.769. The summed E-state index contributed by atoms with van der Waals surface area (Å²) in [5.41, 5.74) is 1.41. The zero-order chi connectivity index (χ0) is 14.1. The summed E-state index contributed by atoms with van der Waals surface area (Å²) in [5, 5.41) is 6.23. The van der Waals surface area contributed by atoms with E-state index in [1.165, 1.54) is 0 Å². The molecule has 0 saturated carbocycles. The molecule has 0 aliphatic heterocycles. The summed E-state index contributed by atoms with van der Waals surface area (Å²) in [6, 6.07) is 3.85. The molecule has 1 aromatic heterocycles. The first kappa shape index (κ1) is 15.8. The summed E-state index contributed by atoms with van der Waals surface area (Å²) in [6.45, 7) is 5.03. The molecule has 1 amide bonds. The number of anilines is 1. The van der Waals surface area contributed by atoms with Crippen LogP contribution in [0.1, 0.15) is 37.2 Å². The van der Waals surface area contributed by atoms with E-state index in [4.69, 9.17) is 0 Å². The number of rotatable bonds is 8. The lowest BCUT2D eigenvalue weighted by Gasteiger charge is -2.13. The number of carbonyl (C=O) groups excluding carboxylic acids is 1. The molecule has 5 heteroatoms. The van der Waals surface area contributed by atoms with Gasteiger partial charge in [-0.2, -0.15) is 11.8 Å². The maximum atomic E-state index is 12.0. The maximum absolute atomic E-state index is 12.0. The van der Waals surface area contributed by atoms with Gasteiger partial charge in [0.2, 0.25) is 0 Å². The van der Waals surface area contributed by atoms with Crippen molar-refractivity contribution in [3.8, 4) is 0 Å². The molecule has 0 fully saturated rings. The van der Waals surface area contributed by atoms with Gasteiger partial charge in [-0.15, -0.1) is 0 Å². The largest absolute Gasteiger partial charge is 0.385 e. The van der Waals surface area contributed by atoms with Crippen LogP contribution in [-0.4, -0.2) is 35.5 Å². The van der Waals surface area contributed by atoms with Crippen LogP contribution in [-0.2, 0) is 0 Å². The highest BCUT2D eigenvalue weighted by Gasteiger charge is 2.11. The highest BCUT2D eigenvalue weighted by Crippen LogP contribution is 2.08. The summed E-state index contributed by atoms with van der Waals surface area (Å²) in [6.07, 6.45) is 5.76. The first-order chi connectivity index (χ1) is 9.17. The number of carbonyl (C=O) groups is 1. The predicted molar refractivity (Wildman–Crippen MR) is 82.9 cm³/mol. The Morgan fingerprint density at radius 3 is 3.00 bits per heavy atom. The van der Waals surface area contributed by atoms with E-state index in [1.54, 1.807) is 24.0 Å². The lowest BCUT2D eigenvalue weighted by molar-refractivity contribution is 0.0934. The fraction of sp³-hybridized carbons (Fsp3) is 0.571. The average molecular weight is 281 g/mol. The Labute approximate surface area is 119 Å². The van der Waals surface area contributed by atoms with Crippen molar-refractivity contribution in [3.63, 3.8) is 0 Å². The number of nitrogens with one attached hydrogen (secondary N) is 2. The van der Waals surface area contributed by atoms with Crippen LogP contribution >= 0.6 is 11.8 Å². The number of nitrogens with zero attached hydrogens (tertiary/aromatic N) is 1. The minimum atomic E-state index is -0.103. The zero-order valence-electron chi connectivity index (χ0n) is 11.9. The summed E-state index contributed by atoms with van der Waals surface area (Å²) < 4.78 is 0. The first-order valence-corrected chi connectivity index (χ1v) is 8.06. The van der Waals surface area contributed by atoms with Crippen molar-refractivity contribution in [2.24, 2.45) is 0 Å². The Kier molecular flexibility index (Phi) is 7.33. The van der Waals surface area contributed by atoms with E-state index in [1.807, 2.05) is 13.0 Å². The van der Waals surface area contributed by atoms with Crippen LogP contribution < -0.4 is 10.6 Å². The number of aromatic nitrogens is 1. The van der Waals surface area contributed by atoms with Crippen LogP contribution in [0.25, 0.3) is 0 Å². The molecular formula is C14H23N3OS. The Bertz CT molecular complexity index is 398. The topological polar surface area (TPSA) is 54.0 Å². The van der Waals surface area contributed by atoms with Crippen molar-refractivity contribution in [3.05, 3.63) is 24.0 Å². The minimum Gasteiger partial charge on any atom is -0.385 e. The number of thioether (sulfide) groups is 1. The number of hydrogen-bond acceptors (Lipinski definition) is 4. The standard InChI is InChI=1S/C14H23N3OS/c1-4-7-15-12-5-8-16-13(10-12)14(18)17-11(2)6-9-19-3/h5,8,10-11H,4,6-7,9H2,1-3H3,(H,15,16)(H,17,18). The second-order valence-corrected chi connectivity index (χ2v) is 5.50. The van der Waals surface area contributed by atoms with Gasteiger partial charge in [0.15, 0.2) is 0 Å². The summed E-state index contributed by atoms with van der Waals surface area (Å²) in [7, 11) is 0. The molecule has 0 aliphatic rings. The molecule has 1 heterocycles. The molecule has 106 valence electrons. The van der Waals surface area contributed by atoms with Gasteiger partial charge in [-0.1, -0.05) is 6.92 Å². The Morgan fingerprint density at radius 1 is 1.53 bits per heavy atom. The lowest BCUT2D eigenvalue weighted by Crippen LogP contribution is -2.33. The Balaban J connectivity index is 2.56. The molecule has 0 radical (unpaired) electrons. The van der Waals surface area contributed by atoms with Crippen molar-refractivity contribution >= 4 is 23.4 Å². The molecule has 1 rings (SSSR count). The maximum Gasteiger partial charge on any atom is 0.270 e. The van der Waals surface area contributed by atoms with Crippen LogP contribution in [0.2, 0.25) is 0 Å². The molecular weight excluding hydrogens is 258 g/mol. The van der Waals surface area contributed by atoms with Gasteiger partial charge >= 0.3 is 0 Å². The van der Waals surface area contributed by atoms with Gasteiger partial charge in [0.25, 0.3) is 5.91 Å². The lowest BCUT2D eigenvalue weighted by atomic mass is 10.2. The van der Waals surface area contributed by atoms with Gasteiger partial charge in [-0.25, -0.2) is 0 Å². The fourth-order valence-electron chi connectivity index (χ4n) is 1.60. The van der Waals surface area contributed by atoms with Crippen molar-refractivity contribution in [2.45, 2.75) is 32.7 Å². The zero-order valence-corrected chi connectivity index (χ0v) is 12.7. The first-order valence-electron chi connectivity index (χ1n) is 6.67. The van der Waals surface area contributed by atoms with Crippen molar-refractivity contribution < 1.29 is 4.79 Å². The van der Waals surface area contributed by atoms with Crippen molar-refractivity contribution in [2.75, 3.05) is 23.9 Å². The SMILES string of the molecule is CCCNc1ccnc(C(=O)NC(C)CCSC)c1. The number of amides is 1. The van der Waals surface area contributed by atoms with E-state index >= 15 is 0 Å². The minimum absolute atomic E-state index is 0.103. The van der Waals surface area contributed by atoms with E-state index in [0.29, 0.717) is 5.69 Å². The van der Waals surface area contributed by atoms with Gasteiger partial charge in [0.1, 0.15) is 5.69 Å². The molecule has 1 aromatic rings. The summed E-state index contributed by atoms with van der Waals surface area (Å²) >= 11 is 1.79. The van der Waals surface area contributed by atoms with Crippen molar-refractivity contribution in [1.29, 1.82) is 0 Å². The molecule has 19 heavy (non-hydrogen) atoms. The Morgan fingerprint density at radius 2 is 2.32 bits per heavy atom. The van der Waals surface area contributed by atoms with Gasteiger partial charge < -0.3 is 10.6 Å². The third-order valence-corrected chi connectivity index (χ3v) is 3.35. The van der Waals surface area contributed by atoms with Gasteiger partial charge in [0.05, 0.1) is 0 Å². The molecule has 2 N–H and O–H groups in total. The van der Waals surface area contributed by atoms with Crippen LogP contribution in [0.3, 0.4) is 0 Å². The van der Waals surface area contributed by atoms with Crippen LogP contribution in [0.5, 0.6) is 0 Å². The van der Waals surface area contributed by atoms with Crippen LogP contribution in [0.4, 0.5) is 5.69 Å². The normalized spacial score (nSPS) is 11.9. The van der Waals surface area contributed by atoms with E-state index in [0.717, 1.165) is 30.8 Å². The Hall–Kier alpha value is -1.23. The van der Waals surface area contributed by atoms with Crippen LogP contribution in [0, 0.1) is 0 Å². The van der Waals surface area contributed by atoms with Gasteiger partial charge in [-0.05, 0) is 43.9 Å². The van der Waals surface area contributed by atoms with E-state index in [9.17, 15) is 4.79 Å². The third kappa shape index (κ3) is 5.96. The smallest absolute Gasteiger partial charge is 0.270 e. The molecule has 0 aliphatic carbocycles. The number of pyridine rings is 1. The average Bonchev–Trinajstić information content (AvgIpc) is 2.43. The summed E-state index contributed by atoms with van der Waals surface area (Å²) in [5.74, 6) is 0.946. The second-order valence-electron chi connectivity index (χ2n) is 4.51. The summed E-state index contributed by atoms with van der Waals surface area (Å²) in [4.78, 5) is 16.2. The molecule has 4 nitrogen and oxygen atoms in total. The molecule has 0 aromatic carbocycles. The molecule has 1 unspecified atom stereocenters. The highest BCUT2D eigenvalue weighted by molar-refractivity contribution is 7.98.